The first-order valence-corrected chi connectivity index (χ1v) is 6.44. The quantitative estimate of drug-likeness (QED) is 0.840. The summed E-state index contributed by atoms with van der Waals surface area (Å²) in [5, 5.41) is 0. The van der Waals surface area contributed by atoms with Crippen molar-refractivity contribution < 1.29 is 0 Å². The summed E-state index contributed by atoms with van der Waals surface area (Å²) in [5.41, 5.74) is 8.77. The number of nitrogens with two attached hydrogens (primary N) is 1. The lowest BCUT2D eigenvalue weighted by atomic mass is 10.1. The molecule has 2 heteroatoms. The van der Waals surface area contributed by atoms with Crippen molar-refractivity contribution in [3.63, 3.8) is 0 Å². The van der Waals surface area contributed by atoms with Crippen molar-refractivity contribution in [1.82, 2.24) is 0 Å². The van der Waals surface area contributed by atoms with Crippen molar-refractivity contribution in [2.24, 2.45) is 11.7 Å². The maximum atomic E-state index is 5.75. The highest BCUT2D eigenvalue weighted by molar-refractivity contribution is 5.57. The van der Waals surface area contributed by atoms with Crippen molar-refractivity contribution in [3.8, 4) is 0 Å². The molecule has 2 nitrogen and oxygen atoms in total. The highest BCUT2D eigenvalue weighted by Crippen LogP contribution is 2.49. The fraction of sp³-hybridized carbons (Fsp3) is 0.571. The van der Waals surface area contributed by atoms with Crippen LogP contribution in [0.25, 0.3) is 0 Å². The molecule has 1 aromatic carbocycles. The summed E-state index contributed by atoms with van der Waals surface area (Å²) >= 11 is 0. The Hall–Kier alpha value is -1.02. The van der Waals surface area contributed by atoms with Gasteiger partial charge in [-0.3, -0.25) is 0 Å². The topological polar surface area (TPSA) is 29.3 Å². The van der Waals surface area contributed by atoms with E-state index in [9.17, 15) is 0 Å². The Bertz CT molecular complexity index is 369. The van der Waals surface area contributed by atoms with Crippen LogP contribution < -0.4 is 10.6 Å². The van der Waals surface area contributed by atoms with Gasteiger partial charge in [-0.25, -0.2) is 0 Å². The second-order valence-corrected chi connectivity index (χ2v) is 5.09. The van der Waals surface area contributed by atoms with Crippen LogP contribution in [-0.4, -0.2) is 19.6 Å². The largest absolute Gasteiger partial charge is 0.371 e. The van der Waals surface area contributed by atoms with Crippen LogP contribution in [0.15, 0.2) is 24.3 Å². The number of hydrogen-bond donors (Lipinski definition) is 1. The van der Waals surface area contributed by atoms with Crippen molar-refractivity contribution in [1.29, 1.82) is 0 Å². The lowest BCUT2D eigenvalue weighted by Gasteiger charge is -2.21. The lowest BCUT2D eigenvalue weighted by molar-refractivity contribution is 0.806. The summed E-state index contributed by atoms with van der Waals surface area (Å²) in [6.07, 6.45) is 3.99. The van der Waals surface area contributed by atoms with E-state index >= 15 is 0 Å². The fourth-order valence-corrected chi connectivity index (χ4v) is 2.94. The van der Waals surface area contributed by atoms with Crippen LogP contribution in [0.5, 0.6) is 0 Å². The molecular weight excluding hydrogens is 196 g/mol. The zero-order chi connectivity index (χ0) is 11.0. The van der Waals surface area contributed by atoms with Crippen molar-refractivity contribution in [3.05, 3.63) is 29.8 Å². The van der Waals surface area contributed by atoms with Crippen LogP contribution in [0.2, 0.25) is 0 Å². The lowest BCUT2D eigenvalue weighted by Crippen LogP contribution is -2.19. The number of benzene rings is 1. The summed E-state index contributed by atoms with van der Waals surface area (Å²) in [6.45, 7) is 3.31. The summed E-state index contributed by atoms with van der Waals surface area (Å²) in [5.74, 6) is 1.48. The van der Waals surface area contributed by atoms with Crippen LogP contribution in [-0.2, 0) is 0 Å². The SMILES string of the molecule is NCC1CC1c1ccccc1N1CCCC1. The Kier molecular flexibility index (Phi) is 2.60. The van der Waals surface area contributed by atoms with Gasteiger partial charge in [0.1, 0.15) is 0 Å². The van der Waals surface area contributed by atoms with E-state index in [2.05, 4.69) is 29.2 Å². The first-order valence-electron chi connectivity index (χ1n) is 6.44. The minimum absolute atomic E-state index is 0.738. The Morgan fingerprint density at radius 3 is 2.62 bits per heavy atom. The van der Waals surface area contributed by atoms with E-state index < -0.39 is 0 Å². The predicted octanol–water partition coefficient (Wildman–Crippen LogP) is 2.35. The van der Waals surface area contributed by atoms with E-state index in [4.69, 9.17) is 5.73 Å². The van der Waals surface area contributed by atoms with Crippen molar-refractivity contribution in [2.75, 3.05) is 24.5 Å². The van der Waals surface area contributed by atoms with Crippen molar-refractivity contribution >= 4 is 5.69 Å². The van der Waals surface area contributed by atoms with Crippen LogP contribution >= 0.6 is 0 Å². The highest BCUT2D eigenvalue weighted by Gasteiger charge is 2.38. The second-order valence-electron chi connectivity index (χ2n) is 5.09. The van der Waals surface area contributed by atoms with E-state index in [1.54, 1.807) is 5.56 Å². The summed E-state index contributed by atoms with van der Waals surface area (Å²) in [6, 6.07) is 8.91. The van der Waals surface area contributed by atoms with E-state index in [1.165, 1.54) is 38.0 Å². The smallest absolute Gasteiger partial charge is 0.0401 e. The van der Waals surface area contributed by atoms with E-state index in [-0.39, 0.29) is 0 Å². The standard InChI is InChI=1S/C14H20N2/c15-10-11-9-13(11)12-5-1-2-6-14(12)16-7-3-4-8-16/h1-2,5-6,11,13H,3-4,7-10,15H2. The van der Waals surface area contributed by atoms with Gasteiger partial charge in [0, 0.05) is 18.8 Å². The van der Waals surface area contributed by atoms with Gasteiger partial charge < -0.3 is 10.6 Å². The van der Waals surface area contributed by atoms with Crippen molar-refractivity contribution in [2.45, 2.75) is 25.2 Å². The third-order valence-electron chi connectivity index (χ3n) is 4.01. The van der Waals surface area contributed by atoms with Gasteiger partial charge in [-0.1, -0.05) is 18.2 Å². The number of rotatable bonds is 3. The molecule has 0 spiro atoms. The molecule has 1 aliphatic carbocycles. The molecule has 0 radical (unpaired) electrons. The molecule has 1 heterocycles. The predicted molar refractivity (Wildman–Crippen MR) is 67.8 cm³/mol. The third kappa shape index (κ3) is 1.71. The Morgan fingerprint density at radius 1 is 1.19 bits per heavy atom. The summed E-state index contributed by atoms with van der Waals surface area (Å²) in [4.78, 5) is 2.54. The number of anilines is 1. The van der Waals surface area contributed by atoms with E-state index in [0.717, 1.165) is 18.4 Å². The first-order chi connectivity index (χ1) is 7.90. The molecule has 16 heavy (non-hydrogen) atoms. The highest BCUT2D eigenvalue weighted by atomic mass is 15.1. The van der Waals surface area contributed by atoms with E-state index in [1.807, 2.05) is 0 Å². The maximum Gasteiger partial charge on any atom is 0.0401 e. The number of para-hydroxylation sites is 1. The van der Waals surface area contributed by atoms with Gasteiger partial charge in [0.25, 0.3) is 0 Å². The van der Waals surface area contributed by atoms with Crippen LogP contribution in [0.3, 0.4) is 0 Å². The zero-order valence-corrected chi connectivity index (χ0v) is 9.73. The molecule has 86 valence electrons. The molecule has 1 saturated heterocycles. The molecule has 1 saturated carbocycles. The molecule has 2 unspecified atom stereocenters. The zero-order valence-electron chi connectivity index (χ0n) is 9.73. The van der Waals surface area contributed by atoms with Gasteiger partial charge in [0.2, 0.25) is 0 Å². The Balaban J connectivity index is 1.86. The van der Waals surface area contributed by atoms with Crippen LogP contribution in [0, 0.1) is 5.92 Å². The molecule has 2 atom stereocenters. The first kappa shape index (κ1) is 10.2. The molecule has 3 rings (SSSR count). The van der Waals surface area contributed by atoms with Crippen LogP contribution in [0.1, 0.15) is 30.7 Å². The molecule has 0 aromatic heterocycles. The summed E-state index contributed by atoms with van der Waals surface area (Å²) in [7, 11) is 0. The van der Waals surface area contributed by atoms with Gasteiger partial charge in [-0.05, 0) is 49.3 Å². The van der Waals surface area contributed by atoms with Gasteiger partial charge >= 0.3 is 0 Å². The summed E-state index contributed by atoms with van der Waals surface area (Å²) < 4.78 is 0. The molecule has 1 aliphatic heterocycles. The number of nitrogens with zero attached hydrogens (tertiary/aromatic N) is 1. The molecule has 2 N–H and O–H groups in total. The molecule has 0 bridgehead atoms. The molecular formula is C14H20N2. The average Bonchev–Trinajstić information content (AvgIpc) is 2.93. The maximum absolute atomic E-state index is 5.75. The molecule has 0 amide bonds. The molecule has 2 aliphatic rings. The second kappa shape index (κ2) is 4.10. The third-order valence-corrected chi connectivity index (χ3v) is 4.01. The van der Waals surface area contributed by atoms with Gasteiger partial charge in [-0.2, -0.15) is 0 Å². The normalized spacial score (nSPS) is 28.4. The van der Waals surface area contributed by atoms with Crippen LogP contribution in [0.4, 0.5) is 5.69 Å². The monoisotopic (exact) mass is 216 g/mol. The average molecular weight is 216 g/mol. The van der Waals surface area contributed by atoms with Gasteiger partial charge in [-0.15, -0.1) is 0 Å². The minimum Gasteiger partial charge on any atom is -0.371 e. The van der Waals surface area contributed by atoms with Gasteiger partial charge in [0.05, 0.1) is 0 Å². The Labute approximate surface area is 97.4 Å². The van der Waals surface area contributed by atoms with E-state index in [0.29, 0.717) is 0 Å². The number of hydrogen-bond acceptors (Lipinski definition) is 2. The molecule has 1 aromatic rings. The van der Waals surface area contributed by atoms with Gasteiger partial charge in [0.15, 0.2) is 0 Å². The fourth-order valence-electron chi connectivity index (χ4n) is 2.94. The molecule has 2 fully saturated rings. The minimum atomic E-state index is 0.738. The Morgan fingerprint density at radius 2 is 1.94 bits per heavy atom.